The summed E-state index contributed by atoms with van der Waals surface area (Å²) in [6.45, 7) is 0.0892. The summed E-state index contributed by atoms with van der Waals surface area (Å²) in [5.41, 5.74) is 0.768. The molecule has 29 heavy (non-hydrogen) atoms. The van der Waals surface area contributed by atoms with E-state index in [1.54, 1.807) is 18.2 Å². The number of hydrogen-bond acceptors (Lipinski definition) is 3. The van der Waals surface area contributed by atoms with Crippen molar-refractivity contribution >= 4 is 32.9 Å². The van der Waals surface area contributed by atoms with Gasteiger partial charge in [-0.05, 0) is 70.6 Å². The first-order chi connectivity index (χ1) is 13.9. The number of aliphatic hydroxyl groups excluding tert-OH is 1. The molecule has 1 aromatic heterocycles. The van der Waals surface area contributed by atoms with Crippen molar-refractivity contribution in [2.45, 2.75) is 18.9 Å². The number of fused-ring (bicyclic) bond motifs is 1. The molecule has 0 unspecified atom stereocenters. The van der Waals surface area contributed by atoms with E-state index in [1.807, 2.05) is 0 Å². The van der Waals surface area contributed by atoms with Gasteiger partial charge in [-0.25, -0.2) is 13.6 Å². The van der Waals surface area contributed by atoms with Crippen LogP contribution in [0, 0.1) is 17.6 Å². The first-order valence-corrected chi connectivity index (χ1v) is 10.0. The average molecular weight is 465 g/mol. The van der Waals surface area contributed by atoms with Crippen LogP contribution in [-0.4, -0.2) is 28.9 Å². The second-order valence-corrected chi connectivity index (χ2v) is 8.02. The summed E-state index contributed by atoms with van der Waals surface area (Å²) in [5.74, 6) is -0.138. The van der Waals surface area contributed by atoms with Gasteiger partial charge in [-0.3, -0.25) is 4.57 Å². The normalized spacial score (nSPS) is 14.8. The highest BCUT2D eigenvalue weighted by atomic mass is 79.9. The summed E-state index contributed by atoms with van der Waals surface area (Å²) in [5, 5.41) is 13.1. The maximum absolute atomic E-state index is 14.0. The number of hydrogen-bond donors (Lipinski definition) is 2. The van der Waals surface area contributed by atoms with Crippen molar-refractivity contribution in [2.75, 3.05) is 13.2 Å². The molecule has 1 atom stereocenters. The quantitative estimate of drug-likeness (QED) is 0.552. The van der Waals surface area contributed by atoms with E-state index in [2.05, 4.69) is 21.2 Å². The Morgan fingerprint density at radius 3 is 2.79 bits per heavy atom. The van der Waals surface area contributed by atoms with Gasteiger partial charge in [-0.1, -0.05) is 0 Å². The lowest BCUT2D eigenvalue weighted by atomic mass is 10.1. The third-order valence-electron chi connectivity index (χ3n) is 4.91. The molecule has 5 nitrogen and oxygen atoms in total. The minimum atomic E-state index is -0.848. The van der Waals surface area contributed by atoms with Gasteiger partial charge in [0.2, 0.25) is 0 Å². The third-order valence-corrected chi connectivity index (χ3v) is 5.52. The molecule has 0 bridgehead atoms. The number of rotatable bonds is 6. The zero-order chi connectivity index (χ0) is 20.5. The Morgan fingerprint density at radius 2 is 2.07 bits per heavy atom. The highest BCUT2D eigenvalue weighted by molar-refractivity contribution is 9.10. The molecule has 1 aliphatic rings. The van der Waals surface area contributed by atoms with E-state index < -0.39 is 30.3 Å². The van der Waals surface area contributed by atoms with E-state index >= 15 is 0 Å². The van der Waals surface area contributed by atoms with Gasteiger partial charge in [0.25, 0.3) is 0 Å². The van der Waals surface area contributed by atoms with Crippen molar-refractivity contribution in [2.24, 2.45) is 5.92 Å². The molecule has 2 N–H and O–H groups in total. The van der Waals surface area contributed by atoms with Crippen molar-refractivity contribution in [3.8, 4) is 5.75 Å². The van der Waals surface area contributed by atoms with Crippen LogP contribution in [0.25, 0.3) is 10.9 Å². The van der Waals surface area contributed by atoms with Crippen molar-refractivity contribution in [1.29, 1.82) is 0 Å². The van der Waals surface area contributed by atoms with Crippen LogP contribution in [0.4, 0.5) is 13.6 Å². The van der Waals surface area contributed by atoms with Gasteiger partial charge in [-0.15, -0.1) is 0 Å². The van der Waals surface area contributed by atoms with Crippen LogP contribution in [0.2, 0.25) is 0 Å². The lowest BCUT2D eigenvalue weighted by molar-refractivity contribution is 0.218. The molecule has 2 aromatic carbocycles. The van der Waals surface area contributed by atoms with Gasteiger partial charge < -0.3 is 15.2 Å². The Balaban J connectivity index is 1.55. The Labute approximate surface area is 174 Å². The second-order valence-electron chi connectivity index (χ2n) is 7.17. The summed E-state index contributed by atoms with van der Waals surface area (Å²) in [4.78, 5) is 12.7. The number of carbonyl (C=O) groups excluding carboxylic acids is 1. The number of halogens is 3. The van der Waals surface area contributed by atoms with Crippen LogP contribution in [-0.2, 0) is 0 Å². The van der Waals surface area contributed by atoms with Crippen molar-refractivity contribution in [1.82, 2.24) is 9.88 Å². The lowest BCUT2D eigenvalue weighted by Crippen LogP contribution is -2.34. The Bertz CT molecular complexity index is 1070. The molecule has 0 aliphatic heterocycles. The van der Waals surface area contributed by atoms with Crippen LogP contribution >= 0.6 is 15.9 Å². The highest BCUT2D eigenvalue weighted by Crippen LogP contribution is 2.30. The summed E-state index contributed by atoms with van der Waals surface area (Å²) in [6, 6.07) is 7.23. The number of amides is 1. The molecule has 1 heterocycles. The Kier molecular flexibility index (Phi) is 5.56. The molecular weight excluding hydrogens is 446 g/mol. The lowest BCUT2D eigenvalue weighted by Gasteiger charge is -2.18. The largest absolute Gasteiger partial charge is 0.493 e. The number of benzene rings is 2. The van der Waals surface area contributed by atoms with E-state index in [1.165, 1.54) is 29.0 Å². The number of aliphatic hydroxyl groups is 1. The topological polar surface area (TPSA) is 63.5 Å². The number of aromatic nitrogens is 1. The maximum atomic E-state index is 14.0. The fourth-order valence-electron chi connectivity index (χ4n) is 3.13. The third kappa shape index (κ3) is 4.43. The van der Waals surface area contributed by atoms with Crippen molar-refractivity contribution in [3.63, 3.8) is 0 Å². The second kappa shape index (κ2) is 8.12. The van der Waals surface area contributed by atoms with Crippen molar-refractivity contribution in [3.05, 3.63) is 64.3 Å². The summed E-state index contributed by atoms with van der Waals surface area (Å²) >= 11 is 3.12. The zero-order valence-electron chi connectivity index (χ0n) is 15.4. The molecule has 1 fully saturated rings. The predicted octanol–water partition coefficient (Wildman–Crippen LogP) is 4.76. The molecule has 1 amide bonds. The van der Waals surface area contributed by atoms with E-state index in [9.17, 15) is 18.7 Å². The average Bonchev–Trinajstić information content (AvgIpc) is 3.44. The van der Waals surface area contributed by atoms with E-state index in [0.29, 0.717) is 39.2 Å². The SMILES string of the molecule is O=C(N[C@H](CO)c1cc(F)cc(OCC2CC2)c1)n1ccc2cc(Br)c(F)cc21. The van der Waals surface area contributed by atoms with Crippen LogP contribution < -0.4 is 10.1 Å². The van der Waals surface area contributed by atoms with Gasteiger partial charge in [0.1, 0.15) is 17.4 Å². The number of nitrogens with zero attached hydrogens (tertiary/aromatic N) is 1. The standard InChI is InChI=1S/C21H19BrF2N2O3/c22-17-7-13-3-4-26(20(13)9-18(17)24)21(28)25-19(10-27)14-5-15(23)8-16(6-14)29-11-12-1-2-12/h3-9,12,19,27H,1-2,10-11H2,(H,25,28)/t19-/m1/s1. The Hall–Kier alpha value is -2.45. The first kappa shape index (κ1) is 19.8. The fraction of sp³-hybridized carbons (Fsp3) is 0.286. The zero-order valence-corrected chi connectivity index (χ0v) is 17.0. The summed E-state index contributed by atoms with van der Waals surface area (Å²) in [6.07, 6.45) is 3.73. The molecular formula is C21H19BrF2N2O3. The molecule has 0 saturated heterocycles. The minimum absolute atomic E-state index is 0.301. The minimum Gasteiger partial charge on any atom is -0.493 e. The van der Waals surface area contributed by atoms with E-state index in [-0.39, 0.29) is 0 Å². The Morgan fingerprint density at radius 1 is 1.28 bits per heavy atom. The monoisotopic (exact) mass is 464 g/mol. The predicted molar refractivity (Wildman–Crippen MR) is 108 cm³/mol. The molecule has 3 aromatic rings. The molecule has 0 radical (unpaired) electrons. The number of carbonyl (C=O) groups is 1. The summed E-state index contributed by atoms with van der Waals surface area (Å²) < 4.78 is 35.1. The molecule has 4 rings (SSSR count). The first-order valence-electron chi connectivity index (χ1n) is 9.25. The van der Waals surface area contributed by atoms with E-state index in [4.69, 9.17) is 4.74 Å². The molecule has 152 valence electrons. The highest BCUT2D eigenvalue weighted by Gasteiger charge is 2.23. The van der Waals surface area contributed by atoms with Crippen LogP contribution in [0.1, 0.15) is 24.4 Å². The van der Waals surface area contributed by atoms with E-state index in [0.717, 1.165) is 12.8 Å². The van der Waals surface area contributed by atoms with Gasteiger partial charge >= 0.3 is 6.03 Å². The van der Waals surface area contributed by atoms with Crippen LogP contribution in [0.5, 0.6) is 5.75 Å². The fourth-order valence-corrected chi connectivity index (χ4v) is 3.49. The van der Waals surface area contributed by atoms with Gasteiger partial charge in [-0.2, -0.15) is 0 Å². The number of ether oxygens (including phenoxy) is 1. The molecule has 8 heteroatoms. The van der Waals surface area contributed by atoms with Crippen LogP contribution in [0.3, 0.4) is 0 Å². The van der Waals surface area contributed by atoms with Crippen molar-refractivity contribution < 1.29 is 23.4 Å². The maximum Gasteiger partial charge on any atom is 0.326 e. The molecule has 0 spiro atoms. The molecule has 1 saturated carbocycles. The summed E-state index contributed by atoms with van der Waals surface area (Å²) in [7, 11) is 0. The number of nitrogens with one attached hydrogen (secondary N) is 1. The van der Waals surface area contributed by atoms with Gasteiger partial charge in [0.15, 0.2) is 0 Å². The smallest absolute Gasteiger partial charge is 0.326 e. The molecule has 1 aliphatic carbocycles. The van der Waals surface area contributed by atoms with Crippen LogP contribution in [0.15, 0.2) is 47.1 Å². The van der Waals surface area contributed by atoms with Gasteiger partial charge in [0, 0.05) is 17.6 Å². The van der Waals surface area contributed by atoms with Gasteiger partial charge in [0.05, 0.1) is 29.2 Å².